The first kappa shape index (κ1) is 8.55. The summed E-state index contributed by atoms with van der Waals surface area (Å²) >= 11 is 0. The molecule has 1 aromatic rings. The molecule has 0 N–H and O–H groups in total. The SMILES string of the molecule is C=Cc1cc(CC)cc(C2CC2)c1. The molecule has 0 spiro atoms. The Labute approximate surface area is 80.3 Å². The molecule has 68 valence electrons. The highest BCUT2D eigenvalue weighted by atomic mass is 14.3. The largest absolute Gasteiger partial charge is 0.0985 e. The Bertz CT molecular complexity index is 319. The van der Waals surface area contributed by atoms with Crippen LogP contribution in [0.3, 0.4) is 0 Å². The van der Waals surface area contributed by atoms with E-state index in [0.29, 0.717) is 0 Å². The number of rotatable bonds is 3. The van der Waals surface area contributed by atoms with Crippen LogP contribution in [0.25, 0.3) is 6.08 Å². The van der Waals surface area contributed by atoms with Crippen molar-refractivity contribution in [2.45, 2.75) is 32.1 Å². The summed E-state index contributed by atoms with van der Waals surface area (Å²) in [5.41, 5.74) is 4.25. The third-order valence-corrected chi connectivity index (χ3v) is 2.73. The molecule has 13 heavy (non-hydrogen) atoms. The van der Waals surface area contributed by atoms with Gasteiger partial charge in [-0.05, 0) is 41.9 Å². The van der Waals surface area contributed by atoms with Gasteiger partial charge in [0.2, 0.25) is 0 Å². The highest BCUT2D eigenvalue weighted by Crippen LogP contribution is 2.40. The molecule has 1 aliphatic rings. The number of hydrogen-bond acceptors (Lipinski definition) is 0. The maximum Gasteiger partial charge on any atom is -0.0161 e. The van der Waals surface area contributed by atoms with Gasteiger partial charge in [0.05, 0.1) is 0 Å². The average molecular weight is 172 g/mol. The lowest BCUT2D eigenvalue weighted by Crippen LogP contribution is -1.87. The van der Waals surface area contributed by atoms with Crippen LogP contribution in [0.2, 0.25) is 0 Å². The first-order valence-electron chi connectivity index (χ1n) is 5.09. The zero-order valence-corrected chi connectivity index (χ0v) is 8.22. The molecule has 0 atom stereocenters. The van der Waals surface area contributed by atoms with Crippen LogP contribution >= 0.6 is 0 Å². The van der Waals surface area contributed by atoms with Gasteiger partial charge < -0.3 is 0 Å². The maximum atomic E-state index is 3.83. The summed E-state index contributed by atoms with van der Waals surface area (Å²) in [6.07, 6.45) is 5.83. The van der Waals surface area contributed by atoms with Crippen molar-refractivity contribution in [3.8, 4) is 0 Å². The second-order valence-corrected chi connectivity index (χ2v) is 3.84. The average Bonchev–Trinajstić information content (AvgIpc) is 3.00. The molecule has 0 radical (unpaired) electrons. The minimum absolute atomic E-state index is 0.852. The number of benzene rings is 1. The van der Waals surface area contributed by atoms with Crippen LogP contribution in [0.4, 0.5) is 0 Å². The first-order chi connectivity index (χ1) is 6.33. The fourth-order valence-corrected chi connectivity index (χ4v) is 1.72. The van der Waals surface area contributed by atoms with E-state index in [1.54, 1.807) is 0 Å². The van der Waals surface area contributed by atoms with E-state index in [9.17, 15) is 0 Å². The van der Waals surface area contributed by atoms with E-state index in [4.69, 9.17) is 0 Å². The van der Waals surface area contributed by atoms with Crippen molar-refractivity contribution in [2.75, 3.05) is 0 Å². The molecule has 0 heteroatoms. The van der Waals surface area contributed by atoms with E-state index in [0.717, 1.165) is 12.3 Å². The van der Waals surface area contributed by atoms with E-state index in [-0.39, 0.29) is 0 Å². The van der Waals surface area contributed by atoms with Gasteiger partial charge >= 0.3 is 0 Å². The van der Waals surface area contributed by atoms with Gasteiger partial charge in [-0.15, -0.1) is 0 Å². The Balaban J connectivity index is 2.38. The summed E-state index contributed by atoms with van der Waals surface area (Å²) < 4.78 is 0. The molecular weight excluding hydrogens is 156 g/mol. The van der Waals surface area contributed by atoms with Crippen molar-refractivity contribution in [1.82, 2.24) is 0 Å². The lowest BCUT2D eigenvalue weighted by atomic mass is 10.0. The van der Waals surface area contributed by atoms with Crippen molar-refractivity contribution in [3.63, 3.8) is 0 Å². The minimum Gasteiger partial charge on any atom is -0.0985 e. The van der Waals surface area contributed by atoms with Gasteiger partial charge in [-0.2, -0.15) is 0 Å². The monoisotopic (exact) mass is 172 g/mol. The normalized spacial score (nSPS) is 15.8. The van der Waals surface area contributed by atoms with Crippen LogP contribution in [0.1, 0.15) is 42.4 Å². The molecule has 0 heterocycles. The Kier molecular flexibility index (Phi) is 2.22. The zero-order valence-electron chi connectivity index (χ0n) is 8.22. The molecule has 1 fully saturated rings. The summed E-state index contributed by atoms with van der Waals surface area (Å²) in [5.74, 6) is 0.852. The molecule has 0 aromatic heterocycles. The Morgan fingerprint density at radius 2 is 2.15 bits per heavy atom. The highest BCUT2D eigenvalue weighted by Gasteiger charge is 2.23. The van der Waals surface area contributed by atoms with E-state index < -0.39 is 0 Å². The smallest absolute Gasteiger partial charge is 0.0161 e. The lowest BCUT2D eigenvalue weighted by Gasteiger charge is -2.04. The Hall–Kier alpha value is -1.04. The van der Waals surface area contributed by atoms with Gasteiger partial charge in [0.1, 0.15) is 0 Å². The van der Waals surface area contributed by atoms with Crippen LogP contribution in [-0.4, -0.2) is 0 Å². The summed E-state index contributed by atoms with van der Waals surface area (Å²) in [5, 5.41) is 0. The van der Waals surface area contributed by atoms with Crippen LogP contribution in [0.15, 0.2) is 24.8 Å². The molecule has 0 amide bonds. The van der Waals surface area contributed by atoms with Gasteiger partial charge in [0, 0.05) is 0 Å². The van der Waals surface area contributed by atoms with Gasteiger partial charge in [-0.3, -0.25) is 0 Å². The van der Waals surface area contributed by atoms with E-state index >= 15 is 0 Å². The van der Waals surface area contributed by atoms with Crippen molar-refractivity contribution >= 4 is 6.08 Å². The van der Waals surface area contributed by atoms with Gasteiger partial charge in [-0.25, -0.2) is 0 Å². The van der Waals surface area contributed by atoms with E-state index in [1.165, 1.54) is 29.5 Å². The predicted molar refractivity (Wildman–Crippen MR) is 57.9 cm³/mol. The highest BCUT2D eigenvalue weighted by molar-refractivity contribution is 5.51. The molecule has 1 saturated carbocycles. The summed E-state index contributed by atoms with van der Waals surface area (Å²) in [7, 11) is 0. The summed E-state index contributed by atoms with van der Waals surface area (Å²) in [6, 6.07) is 6.87. The fourth-order valence-electron chi connectivity index (χ4n) is 1.72. The van der Waals surface area contributed by atoms with Crippen molar-refractivity contribution in [2.24, 2.45) is 0 Å². The fraction of sp³-hybridized carbons (Fsp3) is 0.385. The van der Waals surface area contributed by atoms with Gasteiger partial charge in [-0.1, -0.05) is 37.8 Å². The molecule has 1 aliphatic carbocycles. The van der Waals surface area contributed by atoms with Gasteiger partial charge in [0.15, 0.2) is 0 Å². The predicted octanol–water partition coefficient (Wildman–Crippen LogP) is 3.77. The molecule has 2 rings (SSSR count). The van der Waals surface area contributed by atoms with Crippen LogP contribution in [0, 0.1) is 0 Å². The molecular formula is C13H16. The van der Waals surface area contributed by atoms with Crippen molar-refractivity contribution < 1.29 is 0 Å². The number of aryl methyl sites for hydroxylation is 1. The van der Waals surface area contributed by atoms with E-state index in [2.05, 4.69) is 31.7 Å². The van der Waals surface area contributed by atoms with Crippen molar-refractivity contribution in [1.29, 1.82) is 0 Å². The molecule has 1 aromatic carbocycles. The third-order valence-electron chi connectivity index (χ3n) is 2.73. The Morgan fingerprint density at radius 3 is 2.69 bits per heavy atom. The maximum absolute atomic E-state index is 3.83. The molecule has 0 unspecified atom stereocenters. The molecule has 0 bridgehead atoms. The van der Waals surface area contributed by atoms with Crippen molar-refractivity contribution in [3.05, 3.63) is 41.5 Å². The summed E-state index contributed by atoms with van der Waals surface area (Å²) in [4.78, 5) is 0. The second kappa shape index (κ2) is 3.37. The summed E-state index contributed by atoms with van der Waals surface area (Å²) in [6.45, 7) is 6.03. The third kappa shape index (κ3) is 1.82. The topological polar surface area (TPSA) is 0 Å². The van der Waals surface area contributed by atoms with Crippen LogP contribution in [0.5, 0.6) is 0 Å². The van der Waals surface area contributed by atoms with Gasteiger partial charge in [0.25, 0.3) is 0 Å². The Morgan fingerprint density at radius 1 is 1.38 bits per heavy atom. The standard InChI is InChI=1S/C13H16/c1-3-10-7-11(4-2)9-13(8-10)12-5-6-12/h3,7-9,12H,1,4-6H2,2H3. The minimum atomic E-state index is 0.852. The second-order valence-electron chi connectivity index (χ2n) is 3.84. The molecule has 0 aliphatic heterocycles. The number of hydrogen-bond donors (Lipinski definition) is 0. The van der Waals surface area contributed by atoms with Crippen LogP contribution in [-0.2, 0) is 6.42 Å². The lowest BCUT2D eigenvalue weighted by molar-refractivity contribution is 1.08. The van der Waals surface area contributed by atoms with Crippen LogP contribution < -0.4 is 0 Å². The van der Waals surface area contributed by atoms with E-state index in [1.807, 2.05) is 6.08 Å². The quantitative estimate of drug-likeness (QED) is 0.651. The first-order valence-corrected chi connectivity index (χ1v) is 5.09. The molecule has 0 saturated heterocycles. The zero-order chi connectivity index (χ0) is 9.26. The molecule has 0 nitrogen and oxygen atoms in total.